The number of sulfonamides is 1. The number of nitrogens with one attached hydrogen (secondary N) is 1. The molecule has 96 valence electrons. The third-order valence-corrected chi connectivity index (χ3v) is 3.73. The van der Waals surface area contributed by atoms with Gasteiger partial charge in [0.15, 0.2) is 0 Å². The Hall–Kier alpha value is -0.980. The third-order valence-electron chi connectivity index (χ3n) is 2.17. The highest BCUT2D eigenvalue weighted by Crippen LogP contribution is 2.27. The molecule has 0 saturated carbocycles. The summed E-state index contributed by atoms with van der Waals surface area (Å²) in [5, 5.41) is 0.319. The van der Waals surface area contributed by atoms with Gasteiger partial charge in [-0.2, -0.15) is 0 Å². The Bertz CT molecular complexity index is 503. The molecule has 0 fully saturated rings. The molecule has 0 heterocycles. The van der Waals surface area contributed by atoms with Crippen LogP contribution in [-0.2, 0) is 14.8 Å². The van der Waals surface area contributed by atoms with Crippen molar-refractivity contribution in [3.05, 3.63) is 22.7 Å². The summed E-state index contributed by atoms with van der Waals surface area (Å²) < 4.78 is 30.4. The minimum Gasteiger partial charge on any atom is -0.398 e. The van der Waals surface area contributed by atoms with Crippen LogP contribution >= 0.6 is 11.6 Å². The second-order valence-corrected chi connectivity index (χ2v) is 5.85. The number of methoxy groups -OCH3 is 1. The van der Waals surface area contributed by atoms with Gasteiger partial charge in [-0.25, -0.2) is 8.42 Å². The second-order valence-electron chi connectivity index (χ2n) is 3.60. The van der Waals surface area contributed by atoms with E-state index in [-0.39, 0.29) is 12.4 Å². The van der Waals surface area contributed by atoms with E-state index in [0.717, 1.165) is 0 Å². The summed E-state index contributed by atoms with van der Waals surface area (Å²) in [5.74, 6) is -0.106. The maximum absolute atomic E-state index is 11.6. The summed E-state index contributed by atoms with van der Waals surface area (Å²) in [7, 11) is -1.98. The van der Waals surface area contributed by atoms with Gasteiger partial charge in [0, 0.05) is 7.11 Å². The maximum Gasteiger partial charge on any atom is 0.235 e. The fraction of sp³-hybridized carbons (Fsp3) is 0.400. The number of rotatable bonds is 5. The zero-order valence-electron chi connectivity index (χ0n) is 9.66. The Kier molecular flexibility index (Phi) is 4.62. The van der Waals surface area contributed by atoms with Crippen molar-refractivity contribution in [3.8, 4) is 0 Å². The van der Waals surface area contributed by atoms with E-state index < -0.39 is 10.0 Å². The molecule has 5 nitrogen and oxygen atoms in total. The fourth-order valence-electron chi connectivity index (χ4n) is 1.23. The van der Waals surface area contributed by atoms with E-state index in [1.165, 1.54) is 13.2 Å². The average molecular weight is 279 g/mol. The van der Waals surface area contributed by atoms with Crippen molar-refractivity contribution in [2.24, 2.45) is 0 Å². The molecule has 0 aliphatic rings. The highest BCUT2D eigenvalue weighted by Gasteiger charge is 2.12. The molecular weight excluding hydrogens is 264 g/mol. The van der Waals surface area contributed by atoms with Crippen molar-refractivity contribution >= 4 is 33.0 Å². The highest BCUT2D eigenvalue weighted by atomic mass is 35.5. The van der Waals surface area contributed by atoms with E-state index >= 15 is 0 Å². The van der Waals surface area contributed by atoms with Crippen LogP contribution in [0.1, 0.15) is 5.56 Å². The van der Waals surface area contributed by atoms with Crippen molar-refractivity contribution in [2.45, 2.75) is 6.92 Å². The van der Waals surface area contributed by atoms with Crippen LogP contribution in [0.15, 0.2) is 12.1 Å². The lowest BCUT2D eigenvalue weighted by Crippen LogP contribution is -2.20. The van der Waals surface area contributed by atoms with Crippen molar-refractivity contribution in [1.29, 1.82) is 0 Å². The molecule has 0 aliphatic heterocycles. The first-order valence-corrected chi connectivity index (χ1v) is 6.94. The third kappa shape index (κ3) is 4.07. The van der Waals surface area contributed by atoms with Gasteiger partial charge in [-0.15, -0.1) is 0 Å². The van der Waals surface area contributed by atoms with Gasteiger partial charge in [0.05, 0.1) is 28.8 Å². The number of hydrogen-bond donors (Lipinski definition) is 2. The van der Waals surface area contributed by atoms with E-state index in [1.54, 1.807) is 13.0 Å². The average Bonchev–Trinajstić information content (AvgIpc) is 2.23. The lowest BCUT2D eigenvalue weighted by atomic mass is 10.2. The molecule has 0 bridgehead atoms. The molecule has 0 aromatic heterocycles. The minimum absolute atomic E-state index is 0.106. The van der Waals surface area contributed by atoms with Gasteiger partial charge in [-0.05, 0) is 24.6 Å². The van der Waals surface area contributed by atoms with Crippen LogP contribution in [0.5, 0.6) is 0 Å². The molecule has 0 amide bonds. The predicted octanol–water partition coefficient (Wildman–Crippen LogP) is 1.62. The maximum atomic E-state index is 11.6. The first-order chi connectivity index (χ1) is 7.85. The monoisotopic (exact) mass is 278 g/mol. The lowest BCUT2D eigenvalue weighted by Gasteiger charge is -2.11. The molecule has 0 unspecified atom stereocenters. The number of nitrogen functional groups attached to an aromatic ring is 1. The van der Waals surface area contributed by atoms with Gasteiger partial charge >= 0.3 is 0 Å². The summed E-state index contributed by atoms with van der Waals surface area (Å²) >= 11 is 5.83. The number of halogens is 1. The highest BCUT2D eigenvalue weighted by molar-refractivity contribution is 7.92. The minimum atomic E-state index is -3.42. The SMILES string of the molecule is COCCS(=O)(=O)Nc1cc(Cl)c(N)cc1C. The first kappa shape index (κ1) is 14.1. The van der Waals surface area contributed by atoms with E-state index in [1.807, 2.05) is 0 Å². The molecule has 17 heavy (non-hydrogen) atoms. The quantitative estimate of drug-likeness (QED) is 0.802. The van der Waals surface area contributed by atoms with Gasteiger partial charge in [-0.1, -0.05) is 11.6 Å². The molecule has 1 rings (SSSR count). The summed E-state index contributed by atoms with van der Waals surface area (Å²) in [6.45, 7) is 1.89. The van der Waals surface area contributed by atoms with Crippen molar-refractivity contribution in [2.75, 3.05) is 29.9 Å². The predicted molar refractivity (Wildman–Crippen MR) is 69.9 cm³/mol. The molecule has 3 N–H and O–H groups in total. The van der Waals surface area contributed by atoms with Crippen molar-refractivity contribution < 1.29 is 13.2 Å². The number of aryl methyl sites for hydroxylation is 1. The number of ether oxygens (including phenoxy) is 1. The summed E-state index contributed by atoms with van der Waals surface area (Å²) in [5.41, 5.74) is 7.17. The summed E-state index contributed by atoms with van der Waals surface area (Å²) in [6, 6.07) is 3.12. The standard InChI is InChI=1S/C10H15ClN2O3S/c1-7-5-9(12)8(11)6-10(7)13-17(14,15)4-3-16-2/h5-6,13H,3-4,12H2,1-2H3. The first-order valence-electron chi connectivity index (χ1n) is 4.91. The smallest absolute Gasteiger partial charge is 0.235 e. The second kappa shape index (κ2) is 5.57. The zero-order chi connectivity index (χ0) is 13.1. The summed E-state index contributed by atoms with van der Waals surface area (Å²) in [4.78, 5) is 0. The van der Waals surface area contributed by atoms with Crippen LogP contribution in [0.3, 0.4) is 0 Å². The molecule has 1 aromatic carbocycles. The molecule has 0 aliphatic carbocycles. The van der Waals surface area contributed by atoms with E-state index in [2.05, 4.69) is 4.72 Å². The van der Waals surface area contributed by atoms with E-state index in [9.17, 15) is 8.42 Å². The molecular formula is C10H15ClN2O3S. The van der Waals surface area contributed by atoms with Crippen LogP contribution in [0.4, 0.5) is 11.4 Å². The molecule has 0 atom stereocenters. The van der Waals surface area contributed by atoms with E-state index in [0.29, 0.717) is 22.0 Å². The molecule has 1 aromatic rings. The molecule has 0 saturated heterocycles. The van der Waals surface area contributed by atoms with Crippen LogP contribution in [0, 0.1) is 6.92 Å². The number of hydrogen-bond acceptors (Lipinski definition) is 4. The Morgan fingerprint density at radius 1 is 1.47 bits per heavy atom. The summed E-state index contributed by atoms with van der Waals surface area (Å²) in [6.07, 6.45) is 0. The van der Waals surface area contributed by atoms with Gasteiger partial charge in [0.2, 0.25) is 10.0 Å². The van der Waals surface area contributed by atoms with Crippen LogP contribution in [-0.4, -0.2) is 27.9 Å². The lowest BCUT2D eigenvalue weighted by molar-refractivity contribution is 0.217. The van der Waals surface area contributed by atoms with Gasteiger partial charge < -0.3 is 10.5 Å². The number of benzene rings is 1. The topological polar surface area (TPSA) is 81.4 Å². The Morgan fingerprint density at radius 3 is 2.71 bits per heavy atom. The zero-order valence-corrected chi connectivity index (χ0v) is 11.2. The largest absolute Gasteiger partial charge is 0.398 e. The van der Waals surface area contributed by atoms with Crippen LogP contribution in [0.25, 0.3) is 0 Å². The molecule has 0 spiro atoms. The number of anilines is 2. The van der Waals surface area contributed by atoms with Crippen molar-refractivity contribution in [3.63, 3.8) is 0 Å². The Labute approximate surface area is 106 Å². The molecule has 0 radical (unpaired) electrons. The normalized spacial score (nSPS) is 11.5. The van der Waals surface area contributed by atoms with Crippen LogP contribution in [0.2, 0.25) is 5.02 Å². The fourth-order valence-corrected chi connectivity index (χ4v) is 2.43. The molecule has 7 heteroatoms. The number of nitrogens with two attached hydrogens (primary N) is 1. The van der Waals surface area contributed by atoms with Gasteiger partial charge in [0.1, 0.15) is 0 Å². The Balaban J connectivity index is 2.92. The van der Waals surface area contributed by atoms with Crippen LogP contribution < -0.4 is 10.5 Å². The van der Waals surface area contributed by atoms with E-state index in [4.69, 9.17) is 22.1 Å². The van der Waals surface area contributed by atoms with Gasteiger partial charge in [-0.3, -0.25) is 4.72 Å². The Morgan fingerprint density at radius 2 is 2.12 bits per heavy atom. The van der Waals surface area contributed by atoms with Crippen molar-refractivity contribution in [1.82, 2.24) is 0 Å². The van der Waals surface area contributed by atoms with Gasteiger partial charge in [0.25, 0.3) is 0 Å².